The number of carbonyl (C=O) groups is 1. The van der Waals surface area contributed by atoms with Gasteiger partial charge in [0.05, 0.1) is 18.5 Å². The van der Waals surface area contributed by atoms with Gasteiger partial charge in [0.2, 0.25) is 0 Å². The molecule has 2 aromatic rings. The highest BCUT2D eigenvalue weighted by Gasteiger charge is 2.15. The number of aromatic nitrogens is 2. The summed E-state index contributed by atoms with van der Waals surface area (Å²) in [6.07, 6.45) is 11.9. The van der Waals surface area contributed by atoms with E-state index in [4.69, 9.17) is 4.42 Å². The molecular weight excluding hydrogens is 292 g/mol. The maximum atomic E-state index is 12.1. The molecule has 0 spiro atoms. The van der Waals surface area contributed by atoms with Crippen molar-refractivity contribution in [3.05, 3.63) is 36.5 Å². The molecule has 0 saturated heterocycles. The Kier molecular flexibility index (Phi) is 5.24. The predicted octanol–water partition coefficient (Wildman–Crippen LogP) is 3.26. The zero-order valence-corrected chi connectivity index (χ0v) is 13.1. The molecule has 1 aliphatic rings. The van der Waals surface area contributed by atoms with E-state index in [9.17, 15) is 4.79 Å². The number of urea groups is 1. The lowest BCUT2D eigenvalue weighted by Crippen LogP contribution is -2.41. The molecule has 2 N–H and O–H groups in total. The fraction of sp³-hybridized carbons (Fsp3) is 0.471. The van der Waals surface area contributed by atoms with Crippen LogP contribution in [0, 0.1) is 0 Å². The Morgan fingerprint density at radius 1 is 1.17 bits per heavy atom. The third-order valence-electron chi connectivity index (χ3n) is 4.14. The van der Waals surface area contributed by atoms with Gasteiger partial charge in [-0.1, -0.05) is 25.7 Å². The van der Waals surface area contributed by atoms with Gasteiger partial charge >= 0.3 is 6.03 Å². The standard InChI is InChI=1S/C17H22N4O2/c22-17(21-13-6-3-1-2-4-7-13)20-12-14-16(19-10-9-18-14)15-8-5-11-23-15/h5,8-11,13H,1-4,6-7,12H2,(H2,20,21,22). The summed E-state index contributed by atoms with van der Waals surface area (Å²) < 4.78 is 5.37. The Hall–Kier alpha value is -2.37. The number of rotatable bonds is 4. The summed E-state index contributed by atoms with van der Waals surface area (Å²) in [5, 5.41) is 5.94. The smallest absolute Gasteiger partial charge is 0.315 e. The lowest BCUT2D eigenvalue weighted by Gasteiger charge is -2.16. The van der Waals surface area contributed by atoms with E-state index in [1.807, 2.05) is 6.07 Å². The highest BCUT2D eigenvalue weighted by Crippen LogP contribution is 2.20. The Balaban J connectivity index is 1.57. The minimum atomic E-state index is -0.145. The summed E-state index contributed by atoms with van der Waals surface area (Å²) in [7, 11) is 0. The van der Waals surface area contributed by atoms with Crippen molar-refractivity contribution in [3.8, 4) is 11.5 Å². The molecule has 1 aliphatic carbocycles. The number of nitrogens with zero attached hydrogens (tertiary/aromatic N) is 2. The molecule has 1 fully saturated rings. The van der Waals surface area contributed by atoms with Crippen LogP contribution in [0.3, 0.4) is 0 Å². The van der Waals surface area contributed by atoms with Gasteiger partial charge in [-0.2, -0.15) is 0 Å². The second kappa shape index (κ2) is 7.76. The second-order valence-electron chi connectivity index (χ2n) is 5.84. The average Bonchev–Trinajstić information content (AvgIpc) is 2.99. The van der Waals surface area contributed by atoms with Gasteiger partial charge in [0, 0.05) is 18.4 Å². The molecule has 0 radical (unpaired) electrons. The molecule has 122 valence electrons. The van der Waals surface area contributed by atoms with E-state index in [1.54, 1.807) is 24.7 Å². The third-order valence-corrected chi connectivity index (χ3v) is 4.14. The number of hydrogen-bond acceptors (Lipinski definition) is 4. The summed E-state index contributed by atoms with van der Waals surface area (Å²) in [6.45, 7) is 0.322. The Labute approximate surface area is 135 Å². The lowest BCUT2D eigenvalue weighted by molar-refractivity contribution is 0.235. The normalized spacial score (nSPS) is 15.8. The fourth-order valence-electron chi connectivity index (χ4n) is 2.94. The van der Waals surface area contributed by atoms with Crippen LogP contribution in [0.5, 0.6) is 0 Å². The van der Waals surface area contributed by atoms with Crippen molar-refractivity contribution >= 4 is 6.03 Å². The van der Waals surface area contributed by atoms with Crippen LogP contribution in [0.2, 0.25) is 0 Å². The zero-order chi connectivity index (χ0) is 15.9. The maximum absolute atomic E-state index is 12.1. The van der Waals surface area contributed by atoms with Gasteiger partial charge in [-0.05, 0) is 25.0 Å². The van der Waals surface area contributed by atoms with Crippen molar-refractivity contribution in [2.24, 2.45) is 0 Å². The first-order valence-corrected chi connectivity index (χ1v) is 8.21. The van der Waals surface area contributed by atoms with Gasteiger partial charge < -0.3 is 15.1 Å². The second-order valence-corrected chi connectivity index (χ2v) is 5.84. The molecule has 0 aromatic carbocycles. The molecule has 6 nitrogen and oxygen atoms in total. The van der Waals surface area contributed by atoms with Crippen molar-refractivity contribution in [2.75, 3.05) is 0 Å². The molecule has 2 heterocycles. The Bertz CT molecular complexity index is 619. The topological polar surface area (TPSA) is 80.1 Å². The highest BCUT2D eigenvalue weighted by atomic mass is 16.3. The molecule has 0 unspecified atom stereocenters. The predicted molar refractivity (Wildman–Crippen MR) is 86.6 cm³/mol. The first-order valence-electron chi connectivity index (χ1n) is 8.21. The average molecular weight is 314 g/mol. The van der Waals surface area contributed by atoms with Gasteiger partial charge in [0.1, 0.15) is 5.69 Å². The minimum Gasteiger partial charge on any atom is -0.463 e. The number of furan rings is 1. The van der Waals surface area contributed by atoms with E-state index in [2.05, 4.69) is 20.6 Å². The number of nitrogens with one attached hydrogen (secondary N) is 2. The van der Waals surface area contributed by atoms with Crippen molar-refractivity contribution < 1.29 is 9.21 Å². The number of amides is 2. The summed E-state index contributed by atoms with van der Waals surface area (Å²) >= 11 is 0. The van der Waals surface area contributed by atoms with E-state index < -0.39 is 0 Å². The van der Waals surface area contributed by atoms with E-state index in [1.165, 1.54) is 25.7 Å². The van der Waals surface area contributed by atoms with E-state index in [-0.39, 0.29) is 12.1 Å². The first-order chi connectivity index (χ1) is 11.3. The van der Waals surface area contributed by atoms with Gasteiger partial charge in [-0.15, -0.1) is 0 Å². The van der Waals surface area contributed by atoms with Crippen molar-refractivity contribution in [3.63, 3.8) is 0 Å². The molecule has 6 heteroatoms. The molecule has 2 aromatic heterocycles. The van der Waals surface area contributed by atoms with Crippen LogP contribution >= 0.6 is 0 Å². The summed E-state index contributed by atoms with van der Waals surface area (Å²) in [5.41, 5.74) is 1.35. The van der Waals surface area contributed by atoms with Crippen molar-refractivity contribution in [2.45, 2.75) is 51.1 Å². The SMILES string of the molecule is O=C(NCc1nccnc1-c1ccco1)NC1CCCCCC1. The largest absolute Gasteiger partial charge is 0.463 e. The van der Waals surface area contributed by atoms with E-state index >= 15 is 0 Å². The van der Waals surface area contributed by atoms with Crippen molar-refractivity contribution in [1.29, 1.82) is 0 Å². The summed E-state index contributed by atoms with van der Waals surface area (Å²) in [5.74, 6) is 0.652. The van der Waals surface area contributed by atoms with Gasteiger partial charge in [-0.3, -0.25) is 4.98 Å². The summed E-state index contributed by atoms with van der Waals surface area (Å²) in [4.78, 5) is 20.7. The molecule has 0 atom stereocenters. The van der Waals surface area contributed by atoms with Gasteiger partial charge in [0.15, 0.2) is 5.76 Å². The quantitative estimate of drug-likeness (QED) is 0.849. The summed E-state index contributed by atoms with van der Waals surface area (Å²) in [6, 6.07) is 3.77. The monoisotopic (exact) mass is 314 g/mol. The molecule has 23 heavy (non-hydrogen) atoms. The van der Waals surface area contributed by atoms with Crippen LogP contribution in [0.1, 0.15) is 44.2 Å². The number of carbonyl (C=O) groups excluding carboxylic acids is 1. The highest BCUT2D eigenvalue weighted by molar-refractivity contribution is 5.74. The van der Waals surface area contributed by atoms with Gasteiger partial charge in [-0.25, -0.2) is 9.78 Å². The Morgan fingerprint density at radius 3 is 2.70 bits per heavy atom. The van der Waals surface area contributed by atoms with Crippen LogP contribution in [0.15, 0.2) is 35.2 Å². The third kappa shape index (κ3) is 4.31. The minimum absolute atomic E-state index is 0.145. The molecular formula is C17H22N4O2. The van der Waals surface area contributed by atoms with Crippen LogP contribution in [-0.2, 0) is 6.54 Å². The van der Waals surface area contributed by atoms with E-state index in [0.717, 1.165) is 12.8 Å². The molecule has 0 bridgehead atoms. The zero-order valence-electron chi connectivity index (χ0n) is 13.1. The van der Waals surface area contributed by atoms with E-state index in [0.29, 0.717) is 23.7 Å². The van der Waals surface area contributed by atoms with Crippen LogP contribution in [0.4, 0.5) is 4.79 Å². The van der Waals surface area contributed by atoms with Crippen LogP contribution in [0.25, 0.3) is 11.5 Å². The van der Waals surface area contributed by atoms with Crippen LogP contribution in [-0.4, -0.2) is 22.0 Å². The maximum Gasteiger partial charge on any atom is 0.315 e. The molecule has 2 amide bonds. The van der Waals surface area contributed by atoms with Gasteiger partial charge in [0.25, 0.3) is 0 Å². The fourth-order valence-corrected chi connectivity index (χ4v) is 2.94. The molecule has 0 aliphatic heterocycles. The molecule has 1 saturated carbocycles. The Morgan fingerprint density at radius 2 is 1.96 bits per heavy atom. The van der Waals surface area contributed by atoms with Crippen LogP contribution < -0.4 is 10.6 Å². The lowest BCUT2D eigenvalue weighted by atomic mass is 10.1. The van der Waals surface area contributed by atoms with Crippen molar-refractivity contribution in [1.82, 2.24) is 20.6 Å². The number of hydrogen-bond donors (Lipinski definition) is 2. The first kappa shape index (κ1) is 15.5. The molecule has 3 rings (SSSR count).